The van der Waals surface area contributed by atoms with Crippen LogP contribution in [0.1, 0.15) is 5.56 Å². The highest BCUT2D eigenvalue weighted by molar-refractivity contribution is 6.33. The molecule has 0 bridgehead atoms. The van der Waals surface area contributed by atoms with Crippen molar-refractivity contribution < 1.29 is 10.0 Å². The lowest BCUT2D eigenvalue weighted by molar-refractivity contribution is -0.385. The van der Waals surface area contributed by atoms with Gasteiger partial charge in [0.1, 0.15) is 10.8 Å². The minimum absolute atomic E-state index is 0.0650. The first-order valence-corrected chi connectivity index (χ1v) is 4.19. The molecule has 1 N–H and O–H groups in total. The van der Waals surface area contributed by atoms with Gasteiger partial charge in [0.25, 0.3) is 5.69 Å². The molecule has 0 spiro atoms. The summed E-state index contributed by atoms with van der Waals surface area (Å²) in [6.45, 7) is 0. The van der Waals surface area contributed by atoms with Gasteiger partial charge in [0.05, 0.1) is 10.8 Å². The molecule has 4 nitrogen and oxygen atoms in total. The highest BCUT2D eigenvalue weighted by Crippen LogP contribution is 2.33. The van der Waals surface area contributed by atoms with Crippen molar-refractivity contribution >= 4 is 28.9 Å². The molecule has 0 radical (unpaired) electrons. The van der Waals surface area contributed by atoms with Crippen LogP contribution in [0.3, 0.4) is 0 Å². The zero-order valence-corrected chi connectivity index (χ0v) is 7.84. The Labute approximate surface area is 83.9 Å². The van der Waals surface area contributed by atoms with Crippen LogP contribution in [0.15, 0.2) is 12.1 Å². The molecule has 1 aromatic rings. The Hall–Kier alpha value is -1.00. The zero-order chi connectivity index (χ0) is 10.0. The molecular weight excluding hydrogens is 217 g/mol. The van der Waals surface area contributed by atoms with E-state index in [1.807, 2.05) is 0 Å². The van der Waals surface area contributed by atoms with Gasteiger partial charge >= 0.3 is 0 Å². The number of benzene rings is 1. The number of phenolic OH excluding ortho intramolecular Hbond substituents is 1. The zero-order valence-electron chi connectivity index (χ0n) is 6.33. The molecule has 0 saturated heterocycles. The topological polar surface area (TPSA) is 63.4 Å². The van der Waals surface area contributed by atoms with E-state index in [1.54, 1.807) is 0 Å². The Morgan fingerprint density at radius 3 is 2.62 bits per heavy atom. The molecule has 0 unspecified atom stereocenters. The van der Waals surface area contributed by atoms with E-state index in [0.717, 1.165) is 6.07 Å². The van der Waals surface area contributed by atoms with Crippen LogP contribution in [0, 0.1) is 10.1 Å². The molecular formula is C7H5Cl2NO3. The fraction of sp³-hybridized carbons (Fsp3) is 0.143. The highest BCUT2D eigenvalue weighted by atomic mass is 35.5. The first-order valence-electron chi connectivity index (χ1n) is 3.28. The first kappa shape index (κ1) is 10.1. The quantitative estimate of drug-likeness (QED) is 0.475. The molecule has 70 valence electrons. The summed E-state index contributed by atoms with van der Waals surface area (Å²) in [5.74, 6) is -0.198. The van der Waals surface area contributed by atoms with Crippen molar-refractivity contribution in [3.05, 3.63) is 32.8 Å². The summed E-state index contributed by atoms with van der Waals surface area (Å²) < 4.78 is 0. The summed E-state index contributed by atoms with van der Waals surface area (Å²) in [5, 5.41) is 19.4. The van der Waals surface area contributed by atoms with Gasteiger partial charge in [-0.1, -0.05) is 11.6 Å². The monoisotopic (exact) mass is 221 g/mol. The lowest BCUT2D eigenvalue weighted by Crippen LogP contribution is -1.94. The molecule has 13 heavy (non-hydrogen) atoms. The number of hydrogen-bond acceptors (Lipinski definition) is 3. The van der Waals surface area contributed by atoms with E-state index >= 15 is 0 Å². The van der Waals surface area contributed by atoms with Crippen LogP contribution < -0.4 is 0 Å². The third-order valence-corrected chi connectivity index (χ3v) is 2.03. The fourth-order valence-electron chi connectivity index (χ4n) is 0.946. The van der Waals surface area contributed by atoms with Crippen LogP contribution >= 0.6 is 23.2 Å². The summed E-state index contributed by atoms with van der Waals surface area (Å²) in [7, 11) is 0. The second-order valence-corrected chi connectivity index (χ2v) is 3.00. The van der Waals surface area contributed by atoms with E-state index in [9.17, 15) is 10.1 Å². The number of halogens is 2. The molecule has 0 aliphatic rings. The predicted octanol–water partition coefficient (Wildman–Crippen LogP) is 2.69. The second-order valence-electron chi connectivity index (χ2n) is 2.33. The first-order chi connectivity index (χ1) is 6.06. The van der Waals surface area contributed by atoms with Crippen LogP contribution in [0.5, 0.6) is 5.75 Å². The van der Waals surface area contributed by atoms with Gasteiger partial charge in [-0.05, 0) is 6.07 Å². The maximum Gasteiger partial charge on any atom is 0.292 e. The van der Waals surface area contributed by atoms with E-state index in [1.165, 1.54) is 6.07 Å². The molecule has 0 fully saturated rings. The molecule has 0 aliphatic carbocycles. The molecule has 0 saturated carbocycles. The van der Waals surface area contributed by atoms with Crippen molar-refractivity contribution in [2.75, 3.05) is 0 Å². The van der Waals surface area contributed by atoms with Crippen molar-refractivity contribution in [3.63, 3.8) is 0 Å². The van der Waals surface area contributed by atoms with Gasteiger partial charge in [0.15, 0.2) is 0 Å². The van der Waals surface area contributed by atoms with Gasteiger partial charge in [-0.3, -0.25) is 10.1 Å². The van der Waals surface area contributed by atoms with Crippen LogP contribution in [0.2, 0.25) is 5.02 Å². The van der Waals surface area contributed by atoms with Crippen molar-refractivity contribution in [3.8, 4) is 5.75 Å². The number of rotatable bonds is 2. The van der Waals surface area contributed by atoms with E-state index < -0.39 is 4.92 Å². The largest absolute Gasteiger partial charge is 0.508 e. The summed E-state index contributed by atoms with van der Waals surface area (Å²) in [6, 6.07) is 2.33. The normalized spacial score (nSPS) is 10.0. The lowest BCUT2D eigenvalue weighted by Gasteiger charge is -2.01. The van der Waals surface area contributed by atoms with Crippen LogP contribution in [0.4, 0.5) is 5.69 Å². The standard InChI is InChI=1S/C7H5Cl2NO3/c8-3-4-1-5(11)2-6(9)7(4)10(12)13/h1-2,11H,3H2. The maximum absolute atomic E-state index is 10.5. The number of phenols is 1. The Morgan fingerprint density at radius 1 is 1.54 bits per heavy atom. The second kappa shape index (κ2) is 3.81. The molecule has 0 amide bonds. The van der Waals surface area contributed by atoms with Gasteiger partial charge in [-0.15, -0.1) is 11.6 Å². The summed E-state index contributed by atoms with van der Waals surface area (Å²) in [4.78, 5) is 9.87. The van der Waals surface area contributed by atoms with Crippen molar-refractivity contribution in [1.82, 2.24) is 0 Å². The summed E-state index contributed by atoms with van der Waals surface area (Å²) in [6.07, 6.45) is 0. The Balaban J connectivity index is 3.38. The lowest BCUT2D eigenvalue weighted by atomic mass is 10.2. The highest BCUT2D eigenvalue weighted by Gasteiger charge is 2.19. The molecule has 0 aromatic heterocycles. The SMILES string of the molecule is O=[N+]([O-])c1c(Cl)cc(O)cc1CCl. The molecule has 6 heteroatoms. The summed E-state index contributed by atoms with van der Waals surface area (Å²) >= 11 is 11.0. The molecule has 0 heterocycles. The van der Waals surface area contributed by atoms with Gasteiger partial charge in [-0.2, -0.15) is 0 Å². The number of nitro groups is 1. The van der Waals surface area contributed by atoms with E-state index in [2.05, 4.69) is 0 Å². The van der Waals surface area contributed by atoms with Gasteiger partial charge in [0.2, 0.25) is 0 Å². The van der Waals surface area contributed by atoms with Gasteiger partial charge in [-0.25, -0.2) is 0 Å². The van der Waals surface area contributed by atoms with Crippen molar-refractivity contribution in [1.29, 1.82) is 0 Å². The van der Waals surface area contributed by atoms with E-state index in [0.29, 0.717) is 0 Å². The smallest absolute Gasteiger partial charge is 0.292 e. The fourth-order valence-corrected chi connectivity index (χ4v) is 1.45. The molecule has 0 aliphatic heterocycles. The van der Waals surface area contributed by atoms with Crippen LogP contribution in [0.25, 0.3) is 0 Å². The predicted molar refractivity (Wildman–Crippen MR) is 49.3 cm³/mol. The molecule has 1 rings (SSSR count). The Kier molecular flexibility index (Phi) is 2.95. The van der Waals surface area contributed by atoms with Crippen LogP contribution in [-0.2, 0) is 5.88 Å². The van der Waals surface area contributed by atoms with E-state index in [-0.39, 0.29) is 27.9 Å². The Morgan fingerprint density at radius 2 is 2.15 bits per heavy atom. The number of aromatic hydroxyl groups is 1. The molecule has 0 atom stereocenters. The average molecular weight is 222 g/mol. The number of nitro benzene ring substituents is 1. The van der Waals surface area contributed by atoms with Gasteiger partial charge in [0, 0.05) is 11.6 Å². The number of alkyl halides is 1. The number of nitrogens with zero attached hydrogens (tertiary/aromatic N) is 1. The maximum atomic E-state index is 10.5. The third kappa shape index (κ3) is 2.02. The van der Waals surface area contributed by atoms with Gasteiger partial charge < -0.3 is 5.11 Å². The molecule has 1 aromatic carbocycles. The minimum atomic E-state index is -0.626. The van der Waals surface area contributed by atoms with Crippen molar-refractivity contribution in [2.45, 2.75) is 5.88 Å². The third-order valence-electron chi connectivity index (χ3n) is 1.45. The summed E-state index contributed by atoms with van der Waals surface area (Å²) in [5.41, 5.74) is -0.0499. The van der Waals surface area contributed by atoms with E-state index in [4.69, 9.17) is 28.3 Å². The Bertz CT molecular complexity index is 354. The average Bonchev–Trinajstić information content (AvgIpc) is 2.01. The number of hydrogen-bond donors (Lipinski definition) is 1. The van der Waals surface area contributed by atoms with Crippen molar-refractivity contribution in [2.24, 2.45) is 0 Å². The van der Waals surface area contributed by atoms with Crippen LogP contribution in [-0.4, -0.2) is 10.0 Å². The minimum Gasteiger partial charge on any atom is -0.508 e.